The molecule has 1 atom stereocenters. The van der Waals surface area contributed by atoms with Crippen molar-refractivity contribution in [2.75, 3.05) is 20.2 Å². The summed E-state index contributed by atoms with van der Waals surface area (Å²) in [5, 5.41) is 10.7. The third-order valence-corrected chi connectivity index (χ3v) is 5.00. The molecule has 3 heterocycles. The first kappa shape index (κ1) is 17.8. The first-order valence-electron chi connectivity index (χ1n) is 8.49. The van der Waals surface area contributed by atoms with Gasteiger partial charge in [0.25, 0.3) is 5.91 Å². The van der Waals surface area contributed by atoms with Crippen molar-refractivity contribution in [2.24, 2.45) is 0 Å². The second kappa shape index (κ2) is 7.45. The van der Waals surface area contributed by atoms with Crippen molar-refractivity contribution in [3.05, 3.63) is 46.8 Å². The van der Waals surface area contributed by atoms with Gasteiger partial charge >= 0.3 is 0 Å². The fourth-order valence-corrected chi connectivity index (χ4v) is 3.74. The summed E-state index contributed by atoms with van der Waals surface area (Å²) in [4.78, 5) is 15.1. The molecule has 0 spiro atoms. The van der Waals surface area contributed by atoms with Crippen LogP contribution in [0.5, 0.6) is 5.75 Å². The van der Waals surface area contributed by atoms with Crippen molar-refractivity contribution in [1.82, 2.24) is 20.4 Å². The van der Waals surface area contributed by atoms with E-state index in [2.05, 4.69) is 21.6 Å². The summed E-state index contributed by atoms with van der Waals surface area (Å²) < 4.78 is 5.33. The number of amides is 1. The van der Waals surface area contributed by atoms with Crippen LogP contribution in [-0.4, -0.2) is 41.2 Å². The molecule has 0 saturated carbocycles. The number of nitrogens with zero attached hydrogens (tertiary/aromatic N) is 2. The summed E-state index contributed by atoms with van der Waals surface area (Å²) >= 11 is 0. The molecular weight excluding hydrogens is 340 g/mol. The lowest BCUT2D eigenvalue weighted by atomic mass is 10.0. The lowest BCUT2D eigenvalue weighted by molar-refractivity contribution is 0.0728. The van der Waals surface area contributed by atoms with E-state index in [9.17, 15) is 4.79 Å². The van der Waals surface area contributed by atoms with Gasteiger partial charge in [-0.3, -0.25) is 9.89 Å². The zero-order chi connectivity index (χ0) is 16.5. The van der Waals surface area contributed by atoms with Crippen LogP contribution in [-0.2, 0) is 13.0 Å². The van der Waals surface area contributed by atoms with Gasteiger partial charge in [-0.1, -0.05) is 12.1 Å². The molecule has 1 unspecified atom stereocenters. The molecule has 134 valence electrons. The lowest BCUT2D eigenvalue weighted by Crippen LogP contribution is -2.32. The summed E-state index contributed by atoms with van der Waals surface area (Å²) in [6, 6.07) is 8.10. The minimum Gasteiger partial charge on any atom is -0.497 e. The van der Waals surface area contributed by atoms with Gasteiger partial charge < -0.3 is 15.0 Å². The number of benzene rings is 1. The maximum absolute atomic E-state index is 13.1. The third-order valence-electron chi connectivity index (χ3n) is 5.00. The standard InChI is InChI=1S/C18H22N4O2.ClH/c1-24-13-5-2-4-12(10-13)16-6-3-9-22(16)18(23)17-14-11-19-8-7-15(14)20-21-17;/h2,4-5,10,16,19H,3,6-9,11H2,1H3,(H,20,21);1H. The number of carbonyl (C=O) groups excluding carboxylic acids is 1. The van der Waals surface area contributed by atoms with Crippen LogP contribution in [0.1, 0.15) is 46.2 Å². The van der Waals surface area contributed by atoms with Gasteiger partial charge in [-0.25, -0.2) is 0 Å². The van der Waals surface area contributed by atoms with Crippen LogP contribution >= 0.6 is 12.4 Å². The molecule has 25 heavy (non-hydrogen) atoms. The number of fused-ring (bicyclic) bond motifs is 1. The highest BCUT2D eigenvalue weighted by Crippen LogP contribution is 2.35. The molecule has 1 amide bonds. The molecule has 0 bridgehead atoms. The average molecular weight is 363 g/mol. The van der Waals surface area contributed by atoms with Crippen molar-refractivity contribution < 1.29 is 9.53 Å². The number of rotatable bonds is 3. The average Bonchev–Trinajstić information content (AvgIpc) is 3.28. The van der Waals surface area contributed by atoms with E-state index < -0.39 is 0 Å². The maximum atomic E-state index is 13.1. The number of methoxy groups -OCH3 is 1. The minimum absolute atomic E-state index is 0. The molecule has 1 fully saturated rings. The number of nitrogens with one attached hydrogen (secondary N) is 2. The molecule has 1 aromatic carbocycles. The lowest BCUT2D eigenvalue weighted by Gasteiger charge is -2.25. The van der Waals surface area contributed by atoms with Crippen molar-refractivity contribution in [3.8, 4) is 5.75 Å². The van der Waals surface area contributed by atoms with Crippen LogP contribution in [0.25, 0.3) is 0 Å². The smallest absolute Gasteiger partial charge is 0.275 e. The van der Waals surface area contributed by atoms with E-state index in [0.717, 1.165) is 54.9 Å². The van der Waals surface area contributed by atoms with E-state index in [0.29, 0.717) is 12.2 Å². The highest BCUT2D eigenvalue weighted by Gasteiger charge is 2.34. The Morgan fingerprint density at radius 1 is 1.40 bits per heavy atom. The molecule has 2 aliphatic heterocycles. The van der Waals surface area contributed by atoms with Crippen LogP contribution in [0.4, 0.5) is 0 Å². The highest BCUT2D eigenvalue weighted by atomic mass is 35.5. The predicted octanol–water partition coefficient (Wildman–Crippen LogP) is 2.46. The molecule has 2 aliphatic rings. The number of carbonyl (C=O) groups is 1. The number of ether oxygens (including phenoxy) is 1. The van der Waals surface area contributed by atoms with Gasteiger partial charge in [-0.2, -0.15) is 5.10 Å². The summed E-state index contributed by atoms with van der Waals surface area (Å²) in [6.07, 6.45) is 2.89. The SMILES string of the molecule is COc1cccc(C2CCCN2C(=O)c2n[nH]c3c2CNCC3)c1.Cl. The summed E-state index contributed by atoms with van der Waals surface area (Å²) in [7, 11) is 1.67. The van der Waals surface area contributed by atoms with E-state index in [1.165, 1.54) is 0 Å². The monoisotopic (exact) mass is 362 g/mol. The Kier molecular flexibility index (Phi) is 5.30. The van der Waals surface area contributed by atoms with Gasteiger partial charge in [0.1, 0.15) is 5.75 Å². The van der Waals surface area contributed by atoms with Crippen molar-refractivity contribution in [1.29, 1.82) is 0 Å². The van der Waals surface area contributed by atoms with E-state index in [-0.39, 0.29) is 24.4 Å². The first-order valence-corrected chi connectivity index (χ1v) is 8.49. The molecule has 4 rings (SSSR count). The summed E-state index contributed by atoms with van der Waals surface area (Å²) in [5.41, 5.74) is 3.83. The number of likely N-dealkylation sites (tertiary alicyclic amines) is 1. The Labute approximate surface area is 153 Å². The van der Waals surface area contributed by atoms with Crippen LogP contribution in [0.15, 0.2) is 24.3 Å². The molecule has 2 N–H and O–H groups in total. The molecule has 6 nitrogen and oxygen atoms in total. The second-order valence-corrected chi connectivity index (χ2v) is 6.39. The van der Waals surface area contributed by atoms with Crippen LogP contribution in [0.2, 0.25) is 0 Å². The third kappa shape index (κ3) is 3.24. The zero-order valence-electron chi connectivity index (χ0n) is 14.2. The second-order valence-electron chi connectivity index (χ2n) is 6.39. The summed E-state index contributed by atoms with van der Waals surface area (Å²) in [6.45, 7) is 2.42. The van der Waals surface area contributed by atoms with Crippen molar-refractivity contribution >= 4 is 18.3 Å². The van der Waals surface area contributed by atoms with Gasteiger partial charge in [0.05, 0.1) is 13.2 Å². The summed E-state index contributed by atoms with van der Waals surface area (Å²) in [5.74, 6) is 0.856. The van der Waals surface area contributed by atoms with Crippen LogP contribution in [0, 0.1) is 0 Å². The Bertz CT molecular complexity index is 761. The fourth-order valence-electron chi connectivity index (χ4n) is 3.74. The van der Waals surface area contributed by atoms with Gasteiger partial charge in [0.15, 0.2) is 5.69 Å². The Balaban J connectivity index is 0.00000182. The zero-order valence-corrected chi connectivity index (χ0v) is 15.1. The van der Waals surface area contributed by atoms with Gasteiger partial charge in [-0.05, 0) is 30.5 Å². The predicted molar refractivity (Wildman–Crippen MR) is 97.3 cm³/mol. The molecule has 7 heteroatoms. The quantitative estimate of drug-likeness (QED) is 0.880. The fraction of sp³-hybridized carbons (Fsp3) is 0.444. The highest BCUT2D eigenvalue weighted by molar-refractivity contribution is 5.94. The Morgan fingerprint density at radius 3 is 3.12 bits per heavy atom. The Hall–Kier alpha value is -2.05. The molecule has 0 radical (unpaired) electrons. The normalized spacial score (nSPS) is 19.2. The van der Waals surface area contributed by atoms with Gasteiger partial charge in [0.2, 0.25) is 0 Å². The topological polar surface area (TPSA) is 70.2 Å². The van der Waals surface area contributed by atoms with E-state index >= 15 is 0 Å². The van der Waals surface area contributed by atoms with Crippen LogP contribution < -0.4 is 10.1 Å². The molecule has 1 saturated heterocycles. The van der Waals surface area contributed by atoms with Crippen molar-refractivity contribution in [2.45, 2.75) is 31.8 Å². The number of H-pyrrole nitrogens is 1. The van der Waals surface area contributed by atoms with Gasteiger partial charge in [-0.15, -0.1) is 12.4 Å². The largest absolute Gasteiger partial charge is 0.497 e. The first-order chi connectivity index (χ1) is 11.8. The van der Waals surface area contributed by atoms with Gasteiger partial charge in [0, 0.05) is 37.3 Å². The van der Waals surface area contributed by atoms with Crippen LogP contribution in [0.3, 0.4) is 0 Å². The number of hydrogen-bond donors (Lipinski definition) is 2. The number of aromatic nitrogens is 2. The molecule has 0 aliphatic carbocycles. The number of aromatic amines is 1. The Morgan fingerprint density at radius 2 is 2.28 bits per heavy atom. The minimum atomic E-state index is 0. The van der Waals surface area contributed by atoms with E-state index in [1.54, 1.807) is 7.11 Å². The maximum Gasteiger partial charge on any atom is 0.275 e. The molecule has 2 aromatic rings. The number of halogens is 1. The number of hydrogen-bond acceptors (Lipinski definition) is 4. The molecular formula is C18H23ClN4O2. The molecule has 1 aromatic heterocycles. The van der Waals surface area contributed by atoms with E-state index in [4.69, 9.17) is 4.74 Å². The van der Waals surface area contributed by atoms with E-state index in [1.807, 2.05) is 23.1 Å². The van der Waals surface area contributed by atoms with Crippen molar-refractivity contribution in [3.63, 3.8) is 0 Å².